The van der Waals surface area contributed by atoms with Crippen LogP contribution in [-0.4, -0.2) is 40.5 Å². The summed E-state index contributed by atoms with van der Waals surface area (Å²) in [7, 11) is -2.13. The highest BCUT2D eigenvalue weighted by molar-refractivity contribution is 7.94. The molecule has 3 rings (SSSR count). The lowest BCUT2D eigenvalue weighted by atomic mass is 10.1. The molecule has 168 valence electrons. The van der Waals surface area contributed by atoms with E-state index in [1.54, 1.807) is 17.5 Å². The second kappa shape index (κ2) is 10.6. The number of carbonyl (C=O) groups excluding carboxylic acids is 2. The summed E-state index contributed by atoms with van der Waals surface area (Å²) in [4.78, 5) is 24.6. The fourth-order valence-electron chi connectivity index (χ4n) is 2.65. The van der Waals surface area contributed by atoms with Gasteiger partial charge in [-0.05, 0) is 53.9 Å². The Morgan fingerprint density at radius 3 is 2.38 bits per heavy atom. The van der Waals surface area contributed by atoms with Crippen LogP contribution in [0.15, 0.2) is 64.2 Å². The van der Waals surface area contributed by atoms with Gasteiger partial charge < -0.3 is 15.4 Å². The van der Waals surface area contributed by atoms with Gasteiger partial charge in [0.2, 0.25) is 0 Å². The zero-order chi connectivity index (χ0) is 23.1. The molecule has 0 spiro atoms. The zero-order valence-corrected chi connectivity index (χ0v) is 19.3. The third kappa shape index (κ3) is 6.07. The molecule has 2 amide bonds. The predicted molar refractivity (Wildman–Crippen MR) is 125 cm³/mol. The molecule has 0 fully saturated rings. The summed E-state index contributed by atoms with van der Waals surface area (Å²) >= 11 is 7.29. The zero-order valence-electron chi connectivity index (χ0n) is 16.9. The topological polar surface area (TPSA) is 114 Å². The molecule has 1 aromatic heterocycles. The van der Waals surface area contributed by atoms with E-state index >= 15 is 0 Å². The summed E-state index contributed by atoms with van der Waals surface area (Å²) in [5.41, 5.74) is 1.35. The van der Waals surface area contributed by atoms with Gasteiger partial charge in [-0.3, -0.25) is 14.3 Å². The Kier molecular flexibility index (Phi) is 7.86. The van der Waals surface area contributed by atoms with E-state index in [-0.39, 0.29) is 20.7 Å². The van der Waals surface area contributed by atoms with Gasteiger partial charge in [0.25, 0.3) is 21.8 Å². The molecule has 3 aromatic rings. The minimum Gasteiger partial charge on any atom is -0.383 e. The number of benzene rings is 2. The van der Waals surface area contributed by atoms with Crippen molar-refractivity contribution < 1.29 is 22.7 Å². The molecule has 0 atom stereocenters. The number of anilines is 2. The SMILES string of the molecule is COCCNC(=O)c1ccc(NC(=O)c2ccc(NS(=O)(=O)c3cccs3)cc2)cc1Cl. The Balaban J connectivity index is 1.63. The maximum absolute atomic E-state index is 12.5. The largest absolute Gasteiger partial charge is 0.383 e. The predicted octanol–water partition coefficient (Wildman–Crippen LogP) is 3.83. The van der Waals surface area contributed by atoms with Crippen molar-refractivity contribution in [2.45, 2.75) is 4.21 Å². The third-order valence-electron chi connectivity index (χ3n) is 4.22. The van der Waals surface area contributed by atoms with Gasteiger partial charge in [0.15, 0.2) is 0 Å². The maximum atomic E-state index is 12.5. The van der Waals surface area contributed by atoms with Gasteiger partial charge in [0, 0.05) is 30.6 Å². The lowest BCUT2D eigenvalue weighted by Crippen LogP contribution is -2.27. The smallest absolute Gasteiger partial charge is 0.271 e. The van der Waals surface area contributed by atoms with Gasteiger partial charge in [-0.25, -0.2) is 8.42 Å². The fourth-order valence-corrected chi connectivity index (χ4v) is 4.97. The lowest BCUT2D eigenvalue weighted by molar-refractivity contribution is 0.0936. The van der Waals surface area contributed by atoms with Crippen LogP contribution >= 0.6 is 22.9 Å². The van der Waals surface area contributed by atoms with E-state index in [0.717, 1.165) is 11.3 Å². The third-order valence-corrected chi connectivity index (χ3v) is 7.31. The van der Waals surface area contributed by atoms with Gasteiger partial charge in [-0.15, -0.1) is 11.3 Å². The van der Waals surface area contributed by atoms with E-state index in [9.17, 15) is 18.0 Å². The van der Waals surface area contributed by atoms with Crippen molar-refractivity contribution >= 4 is 56.2 Å². The molecule has 0 bridgehead atoms. The second-order valence-corrected chi connectivity index (χ2v) is 9.78. The molecule has 0 aliphatic heterocycles. The summed E-state index contributed by atoms with van der Waals surface area (Å²) in [6, 6.07) is 13.7. The number of sulfonamides is 1. The van der Waals surface area contributed by atoms with Gasteiger partial charge >= 0.3 is 0 Å². The Morgan fingerprint density at radius 1 is 1.03 bits per heavy atom. The molecule has 8 nitrogen and oxygen atoms in total. The number of thiophene rings is 1. The van der Waals surface area contributed by atoms with Crippen molar-refractivity contribution in [2.24, 2.45) is 0 Å². The van der Waals surface area contributed by atoms with E-state index in [1.165, 1.54) is 49.6 Å². The van der Waals surface area contributed by atoms with Gasteiger partial charge in [0.05, 0.1) is 17.2 Å². The molecule has 3 N–H and O–H groups in total. The first-order valence-corrected chi connectivity index (χ1v) is 12.1. The van der Waals surface area contributed by atoms with Crippen LogP contribution in [0.4, 0.5) is 11.4 Å². The Bertz CT molecular complexity index is 1200. The molecule has 2 aromatic carbocycles. The molecular formula is C21H20ClN3O5S2. The average molecular weight is 494 g/mol. The number of methoxy groups -OCH3 is 1. The fraction of sp³-hybridized carbons (Fsp3) is 0.143. The molecule has 32 heavy (non-hydrogen) atoms. The van der Waals surface area contributed by atoms with Gasteiger partial charge in [0.1, 0.15) is 4.21 Å². The minimum absolute atomic E-state index is 0.191. The minimum atomic E-state index is -3.66. The molecular weight excluding hydrogens is 474 g/mol. The van der Waals surface area contributed by atoms with Crippen molar-refractivity contribution in [3.05, 3.63) is 76.1 Å². The van der Waals surface area contributed by atoms with Crippen molar-refractivity contribution in [1.29, 1.82) is 0 Å². The normalized spacial score (nSPS) is 11.1. The van der Waals surface area contributed by atoms with Crippen LogP contribution in [0, 0.1) is 0 Å². The van der Waals surface area contributed by atoms with Gasteiger partial charge in [-0.1, -0.05) is 17.7 Å². The molecule has 0 radical (unpaired) electrons. The number of carbonyl (C=O) groups is 2. The molecule has 0 aliphatic rings. The van der Waals surface area contributed by atoms with E-state index in [1.807, 2.05) is 0 Å². The Morgan fingerprint density at radius 2 is 1.75 bits per heavy atom. The molecule has 1 heterocycles. The Hall–Kier alpha value is -2.92. The summed E-state index contributed by atoms with van der Waals surface area (Å²) in [5, 5.41) is 7.23. The average Bonchev–Trinajstić information content (AvgIpc) is 3.30. The van der Waals surface area contributed by atoms with Crippen LogP contribution in [0.25, 0.3) is 0 Å². The van der Waals surface area contributed by atoms with E-state index in [2.05, 4.69) is 15.4 Å². The van der Waals surface area contributed by atoms with Crippen LogP contribution in [-0.2, 0) is 14.8 Å². The van der Waals surface area contributed by atoms with E-state index < -0.39 is 15.9 Å². The first kappa shape index (κ1) is 23.7. The number of amides is 2. The number of hydrogen-bond acceptors (Lipinski definition) is 6. The first-order chi connectivity index (χ1) is 15.3. The summed E-state index contributed by atoms with van der Waals surface area (Å²) in [5.74, 6) is -0.753. The monoisotopic (exact) mass is 493 g/mol. The summed E-state index contributed by atoms with van der Waals surface area (Å²) in [6.45, 7) is 0.732. The summed E-state index contributed by atoms with van der Waals surface area (Å²) < 4.78 is 32.1. The highest BCUT2D eigenvalue weighted by Crippen LogP contribution is 2.23. The van der Waals surface area contributed by atoms with Crippen molar-refractivity contribution in [1.82, 2.24) is 5.32 Å². The number of rotatable bonds is 9. The van der Waals surface area contributed by atoms with Crippen LogP contribution in [0.3, 0.4) is 0 Å². The number of hydrogen-bond donors (Lipinski definition) is 3. The van der Waals surface area contributed by atoms with Crippen LogP contribution in [0.2, 0.25) is 5.02 Å². The maximum Gasteiger partial charge on any atom is 0.271 e. The van der Waals surface area contributed by atoms with Gasteiger partial charge in [-0.2, -0.15) is 0 Å². The second-order valence-electron chi connectivity index (χ2n) is 6.51. The van der Waals surface area contributed by atoms with Crippen molar-refractivity contribution in [3.63, 3.8) is 0 Å². The van der Waals surface area contributed by atoms with Crippen LogP contribution < -0.4 is 15.4 Å². The van der Waals surface area contributed by atoms with Crippen LogP contribution in [0.1, 0.15) is 20.7 Å². The quantitative estimate of drug-likeness (QED) is 0.392. The lowest BCUT2D eigenvalue weighted by Gasteiger charge is -2.10. The summed E-state index contributed by atoms with van der Waals surface area (Å²) in [6.07, 6.45) is 0. The number of ether oxygens (including phenoxy) is 1. The number of halogens is 1. The highest BCUT2D eigenvalue weighted by atomic mass is 35.5. The molecule has 0 unspecified atom stereocenters. The highest BCUT2D eigenvalue weighted by Gasteiger charge is 2.16. The van der Waals surface area contributed by atoms with Crippen molar-refractivity contribution in [3.8, 4) is 0 Å². The molecule has 11 heteroatoms. The molecule has 0 saturated heterocycles. The number of nitrogens with one attached hydrogen (secondary N) is 3. The molecule has 0 saturated carbocycles. The Labute approximate surface area is 194 Å². The van der Waals surface area contributed by atoms with Crippen molar-refractivity contribution in [2.75, 3.05) is 30.3 Å². The molecule has 0 aliphatic carbocycles. The first-order valence-electron chi connectivity index (χ1n) is 9.34. The van der Waals surface area contributed by atoms with Crippen LogP contribution in [0.5, 0.6) is 0 Å². The standard InChI is InChI=1S/C21H20ClN3O5S2/c1-30-11-10-23-21(27)17-9-8-16(13-18(17)22)24-20(26)14-4-6-15(7-5-14)25-32(28,29)19-3-2-12-31-19/h2-9,12-13,25H,10-11H2,1H3,(H,23,27)(H,24,26). The van der Waals surface area contributed by atoms with E-state index in [4.69, 9.17) is 16.3 Å². The van der Waals surface area contributed by atoms with E-state index in [0.29, 0.717) is 30.1 Å².